The number of carbonyl (C=O) groups is 1. The van der Waals surface area contributed by atoms with Crippen molar-refractivity contribution in [2.75, 3.05) is 31.4 Å². The van der Waals surface area contributed by atoms with E-state index in [9.17, 15) is 26.4 Å². The van der Waals surface area contributed by atoms with Crippen molar-refractivity contribution < 1.29 is 35.9 Å². The van der Waals surface area contributed by atoms with Gasteiger partial charge in [-0.1, -0.05) is 19.8 Å². The van der Waals surface area contributed by atoms with E-state index in [2.05, 4.69) is 5.32 Å². The van der Waals surface area contributed by atoms with E-state index in [1.807, 2.05) is 11.6 Å². The van der Waals surface area contributed by atoms with E-state index in [4.69, 9.17) is 9.47 Å². The predicted octanol–water partition coefficient (Wildman–Crippen LogP) is 5.12. The summed E-state index contributed by atoms with van der Waals surface area (Å²) in [4.78, 5) is 12.2. The van der Waals surface area contributed by atoms with Gasteiger partial charge in [0.1, 0.15) is 12.4 Å². The molecule has 0 saturated heterocycles. The summed E-state index contributed by atoms with van der Waals surface area (Å²) in [6, 6.07) is 9.36. The lowest BCUT2D eigenvalue weighted by atomic mass is 10.1. The summed E-state index contributed by atoms with van der Waals surface area (Å²) in [7, 11) is -2.21. The molecule has 0 saturated carbocycles. The van der Waals surface area contributed by atoms with Crippen molar-refractivity contribution in [2.45, 2.75) is 32.4 Å². The van der Waals surface area contributed by atoms with Crippen molar-refractivity contribution in [3.05, 3.63) is 59.7 Å². The van der Waals surface area contributed by atoms with Crippen LogP contribution in [-0.2, 0) is 25.7 Å². The molecule has 0 heterocycles. The highest BCUT2D eigenvalue weighted by Gasteiger charge is 2.29. The molecular formula is C24H29F3N2O5S. The van der Waals surface area contributed by atoms with E-state index < -0.39 is 27.7 Å². The van der Waals surface area contributed by atoms with Crippen molar-refractivity contribution in [3.63, 3.8) is 0 Å². The van der Waals surface area contributed by atoms with Gasteiger partial charge in [0.2, 0.25) is 10.0 Å². The molecule has 11 heteroatoms. The van der Waals surface area contributed by atoms with Crippen molar-refractivity contribution in [2.24, 2.45) is 0 Å². The fourth-order valence-corrected chi connectivity index (χ4v) is 4.03. The molecule has 0 fully saturated rings. The van der Waals surface area contributed by atoms with E-state index in [-0.39, 0.29) is 12.4 Å². The summed E-state index contributed by atoms with van der Waals surface area (Å²) in [6.45, 7) is 2.58. The van der Waals surface area contributed by atoms with Crippen molar-refractivity contribution in [3.8, 4) is 5.75 Å². The zero-order chi connectivity index (χ0) is 25.9. The number of alkyl halides is 3. The molecule has 0 aromatic heterocycles. The zero-order valence-corrected chi connectivity index (χ0v) is 20.3. The third kappa shape index (κ3) is 9.99. The van der Waals surface area contributed by atoms with Gasteiger partial charge in [-0.25, -0.2) is 13.1 Å². The molecule has 0 atom stereocenters. The van der Waals surface area contributed by atoms with Gasteiger partial charge in [-0.05, 0) is 54.5 Å². The fourth-order valence-electron chi connectivity index (χ4n) is 2.97. The van der Waals surface area contributed by atoms with Gasteiger partial charge in [0.15, 0.2) is 0 Å². The number of halogens is 3. The first-order valence-corrected chi connectivity index (χ1v) is 12.6. The number of methoxy groups -OCH3 is 1. The van der Waals surface area contributed by atoms with Crippen LogP contribution in [0.15, 0.2) is 48.5 Å². The number of ether oxygens (including phenoxy) is 2. The van der Waals surface area contributed by atoms with Crippen LogP contribution in [0.3, 0.4) is 0 Å². The Balaban J connectivity index is 2.22. The summed E-state index contributed by atoms with van der Waals surface area (Å²) in [5.41, 5.74) is 0.526. The Morgan fingerprint density at radius 3 is 2.40 bits per heavy atom. The largest absolute Gasteiger partial charge is 0.491 e. The fraction of sp³-hybridized carbons (Fsp3) is 0.375. The molecule has 2 aromatic rings. The molecule has 0 radical (unpaired) electrons. The number of sulfonamides is 1. The first-order chi connectivity index (χ1) is 16.5. The molecular weight excluding hydrogens is 485 g/mol. The average Bonchev–Trinajstić information content (AvgIpc) is 2.78. The Labute approximate surface area is 203 Å². The highest BCUT2D eigenvalue weighted by molar-refractivity contribution is 7.90. The number of carbonyl (C=O) groups excluding carboxylic acids is 1. The lowest BCUT2D eigenvalue weighted by Crippen LogP contribution is -2.31. The Hall–Kier alpha value is -3.05. The van der Waals surface area contributed by atoms with Crippen LogP contribution in [0.2, 0.25) is 0 Å². The number of anilines is 2. The van der Waals surface area contributed by atoms with Gasteiger partial charge in [0.25, 0.3) is 5.91 Å². The number of benzene rings is 2. The third-order valence-electron chi connectivity index (χ3n) is 4.76. The molecule has 0 spiro atoms. The van der Waals surface area contributed by atoms with Crippen molar-refractivity contribution >= 4 is 33.4 Å². The zero-order valence-electron chi connectivity index (χ0n) is 19.5. The molecule has 0 aliphatic carbocycles. The molecule has 2 N–H and O–H groups in total. The van der Waals surface area contributed by atoms with Gasteiger partial charge in [0, 0.05) is 30.6 Å². The summed E-state index contributed by atoms with van der Waals surface area (Å²) in [5.74, 6) is -0.478. The maximum Gasteiger partial charge on any atom is 0.416 e. The molecule has 1 amide bonds. The van der Waals surface area contributed by atoms with Crippen LogP contribution in [0.1, 0.15) is 37.3 Å². The molecule has 2 rings (SSSR count). The monoisotopic (exact) mass is 514 g/mol. The van der Waals surface area contributed by atoms with E-state index >= 15 is 0 Å². The third-order valence-corrected chi connectivity index (χ3v) is 6.10. The van der Waals surface area contributed by atoms with E-state index in [1.54, 1.807) is 18.2 Å². The maximum atomic E-state index is 12.9. The van der Waals surface area contributed by atoms with Crippen molar-refractivity contribution in [1.82, 2.24) is 4.72 Å². The standard InChI is InChI=1S/C24H29F3N2O5S/c1-3-4-5-16-35(31,32)29-23(30)13-7-18-6-12-21(34-15-14-33-2)17-22(18)28-20-10-8-19(9-11-20)24(25,26)27/h6-13,17,28H,3-5,14-16H2,1-2H3,(H,29,30)/b13-7+. The lowest BCUT2D eigenvalue weighted by Gasteiger charge is -2.14. The minimum atomic E-state index is -4.45. The average molecular weight is 515 g/mol. The number of nitrogens with one attached hydrogen (secondary N) is 2. The Bertz CT molecular complexity index is 1100. The number of unbranched alkanes of at least 4 members (excludes halogenated alkanes) is 2. The van der Waals surface area contributed by atoms with Crippen LogP contribution < -0.4 is 14.8 Å². The number of hydrogen-bond acceptors (Lipinski definition) is 6. The Morgan fingerprint density at radius 2 is 1.77 bits per heavy atom. The normalized spacial score (nSPS) is 12.0. The van der Waals surface area contributed by atoms with Crippen LogP contribution in [0.5, 0.6) is 5.75 Å². The van der Waals surface area contributed by atoms with Gasteiger partial charge in [-0.2, -0.15) is 13.2 Å². The lowest BCUT2D eigenvalue weighted by molar-refractivity contribution is -0.137. The highest BCUT2D eigenvalue weighted by atomic mass is 32.2. The highest BCUT2D eigenvalue weighted by Crippen LogP contribution is 2.32. The molecule has 192 valence electrons. The topological polar surface area (TPSA) is 93.7 Å². The van der Waals surface area contributed by atoms with E-state index in [1.165, 1.54) is 25.3 Å². The van der Waals surface area contributed by atoms with E-state index in [0.717, 1.165) is 31.1 Å². The quantitative estimate of drug-likeness (QED) is 0.285. The first kappa shape index (κ1) is 28.2. The predicted molar refractivity (Wildman–Crippen MR) is 129 cm³/mol. The number of rotatable bonds is 13. The van der Waals surface area contributed by atoms with Crippen LogP contribution in [0.25, 0.3) is 6.08 Å². The summed E-state index contributed by atoms with van der Waals surface area (Å²) >= 11 is 0. The second-order valence-electron chi connectivity index (χ2n) is 7.62. The molecule has 0 unspecified atom stereocenters. The number of hydrogen-bond donors (Lipinski definition) is 2. The second-order valence-corrected chi connectivity index (χ2v) is 9.46. The summed E-state index contributed by atoms with van der Waals surface area (Å²) < 4.78 is 75.1. The molecule has 0 aliphatic rings. The van der Waals surface area contributed by atoms with Crippen LogP contribution in [0.4, 0.5) is 24.5 Å². The smallest absolute Gasteiger partial charge is 0.416 e. The second kappa shape index (κ2) is 13.1. The first-order valence-electron chi connectivity index (χ1n) is 11.0. The Kier molecular flexibility index (Phi) is 10.6. The van der Waals surface area contributed by atoms with Crippen LogP contribution in [-0.4, -0.2) is 40.4 Å². The minimum absolute atomic E-state index is 0.144. The van der Waals surface area contributed by atoms with Crippen LogP contribution >= 0.6 is 0 Å². The van der Waals surface area contributed by atoms with E-state index in [0.29, 0.717) is 35.7 Å². The van der Waals surface area contributed by atoms with Crippen molar-refractivity contribution in [1.29, 1.82) is 0 Å². The number of amides is 1. The molecule has 0 aliphatic heterocycles. The van der Waals surface area contributed by atoms with Gasteiger partial charge < -0.3 is 14.8 Å². The maximum absolute atomic E-state index is 12.9. The SMILES string of the molecule is CCCCCS(=O)(=O)NC(=O)/C=C/c1ccc(OCCOC)cc1Nc1ccc(C(F)(F)F)cc1. The minimum Gasteiger partial charge on any atom is -0.491 e. The van der Waals surface area contributed by atoms with Gasteiger partial charge in [-0.3, -0.25) is 4.79 Å². The van der Waals surface area contributed by atoms with Gasteiger partial charge >= 0.3 is 6.18 Å². The molecule has 7 nitrogen and oxygen atoms in total. The summed E-state index contributed by atoms with van der Waals surface area (Å²) in [6.07, 6.45) is 0.0740. The molecule has 35 heavy (non-hydrogen) atoms. The summed E-state index contributed by atoms with van der Waals surface area (Å²) in [5, 5.41) is 3.01. The van der Waals surface area contributed by atoms with Crippen LogP contribution in [0, 0.1) is 0 Å². The molecule has 0 bridgehead atoms. The Morgan fingerprint density at radius 1 is 1.06 bits per heavy atom. The molecule has 2 aromatic carbocycles. The van der Waals surface area contributed by atoms with Gasteiger partial charge in [-0.15, -0.1) is 0 Å². The van der Waals surface area contributed by atoms with Gasteiger partial charge in [0.05, 0.1) is 17.9 Å².